The molecular formula is C47H31N9O8S2. The first-order valence-electron chi connectivity index (χ1n) is 19.8. The third-order valence-electron chi connectivity index (χ3n) is 10.9. The number of rotatable bonds is 9. The lowest BCUT2D eigenvalue weighted by Crippen LogP contribution is -2.04. The van der Waals surface area contributed by atoms with Gasteiger partial charge in [-0.15, -0.1) is 25.5 Å². The molecule has 0 saturated heterocycles. The minimum atomic E-state index is -4.90. The summed E-state index contributed by atoms with van der Waals surface area (Å²) >= 11 is 0. The lowest BCUT2D eigenvalue weighted by molar-refractivity contribution is 0.480. The standard InChI is InChI=1S/C47H31N9O8S2/c1-26-21-29(12-17-39(26)50-52-41-20-19-40(34-6-2-3-7-35(34)41)51-49-30-11-9-27-5-4-8-44(57)37(27)23-30)48-53-43-16-10-28-22-31(13-14-33(28)47(43)58)56-54-42-18-15-36-38(46(42)55-56)24-32(65(59,60)61)25-45(36)66(62,63)64/h2-25,57-58H,1H3,(H,59,60,61)(H,62,63,64). The van der Waals surface area contributed by atoms with E-state index in [9.17, 15) is 36.2 Å². The van der Waals surface area contributed by atoms with Gasteiger partial charge in [0, 0.05) is 32.3 Å². The Hall–Kier alpha value is -8.36. The molecule has 66 heavy (non-hydrogen) atoms. The Morgan fingerprint density at radius 1 is 0.485 bits per heavy atom. The molecule has 17 nitrogen and oxygen atoms in total. The summed E-state index contributed by atoms with van der Waals surface area (Å²) in [7, 11) is -9.76. The molecule has 0 bridgehead atoms. The average Bonchev–Trinajstić information content (AvgIpc) is 3.75. The Bertz CT molecular complexity index is 4010. The monoisotopic (exact) mass is 913 g/mol. The summed E-state index contributed by atoms with van der Waals surface area (Å²) in [5.41, 5.74) is 4.83. The zero-order valence-corrected chi connectivity index (χ0v) is 35.8. The smallest absolute Gasteiger partial charge is 0.295 e. The van der Waals surface area contributed by atoms with Crippen LogP contribution in [0, 0.1) is 6.92 Å². The summed E-state index contributed by atoms with van der Waals surface area (Å²) in [6, 6.07) is 40.4. The number of aromatic hydroxyl groups is 2. The Kier molecular flexibility index (Phi) is 10.1. The van der Waals surface area contributed by atoms with Crippen molar-refractivity contribution in [1.82, 2.24) is 15.0 Å². The van der Waals surface area contributed by atoms with Gasteiger partial charge in [-0.2, -0.15) is 37.0 Å². The van der Waals surface area contributed by atoms with E-state index in [-0.39, 0.29) is 39.0 Å². The highest BCUT2D eigenvalue weighted by Crippen LogP contribution is 2.39. The van der Waals surface area contributed by atoms with Gasteiger partial charge >= 0.3 is 0 Å². The molecule has 0 amide bonds. The van der Waals surface area contributed by atoms with Gasteiger partial charge in [0.15, 0.2) is 5.75 Å². The molecule has 0 unspecified atom stereocenters. The molecule has 0 atom stereocenters. The molecule has 324 valence electrons. The van der Waals surface area contributed by atoms with Crippen LogP contribution >= 0.6 is 0 Å². The van der Waals surface area contributed by atoms with Crippen LogP contribution in [0.25, 0.3) is 59.8 Å². The van der Waals surface area contributed by atoms with Gasteiger partial charge < -0.3 is 10.2 Å². The lowest BCUT2D eigenvalue weighted by Gasteiger charge is -2.07. The van der Waals surface area contributed by atoms with Gasteiger partial charge in [-0.05, 0) is 114 Å². The minimum absolute atomic E-state index is 0.0159. The second kappa shape index (κ2) is 16.0. The van der Waals surface area contributed by atoms with Crippen LogP contribution in [0.2, 0.25) is 0 Å². The molecule has 19 heteroatoms. The third kappa shape index (κ3) is 7.83. The first kappa shape index (κ1) is 41.6. The van der Waals surface area contributed by atoms with Gasteiger partial charge in [0.2, 0.25) is 0 Å². The fraction of sp³-hybridized carbons (Fsp3) is 0.0213. The number of azo groups is 3. The van der Waals surface area contributed by atoms with Crippen molar-refractivity contribution in [3.63, 3.8) is 0 Å². The maximum Gasteiger partial charge on any atom is 0.295 e. The first-order valence-corrected chi connectivity index (χ1v) is 22.7. The van der Waals surface area contributed by atoms with Gasteiger partial charge in [-0.1, -0.05) is 54.6 Å². The summed E-state index contributed by atoms with van der Waals surface area (Å²) in [6.45, 7) is 1.88. The second-order valence-electron chi connectivity index (χ2n) is 15.1. The molecule has 0 aliphatic carbocycles. The predicted octanol–water partition coefficient (Wildman–Crippen LogP) is 12.5. The van der Waals surface area contributed by atoms with Crippen LogP contribution < -0.4 is 0 Å². The summed E-state index contributed by atoms with van der Waals surface area (Å²) in [6.07, 6.45) is 0. The number of fused-ring (bicyclic) bond motifs is 6. The molecule has 1 heterocycles. The molecule has 0 fully saturated rings. The maximum absolute atomic E-state index is 12.2. The van der Waals surface area contributed by atoms with E-state index in [1.54, 1.807) is 66.7 Å². The van der Waals surface area contributed by atoms with Crippen LogP contribution in [-0.2, 0) is 20.2 Å². The molecule has 4 N–H and O–H groups in total. The van der Waals surface area contributed by atoms with Crippen LogP contribution in [0.3, 0.4) is 0 Å². The first-order chi connectivity index (χ1) is 31.7. The molecule has 9 aromatic carbocycles. The number of aryl methyl sites for hydroxylation is 1. The Labute approximate surface area is 373 Å². The Balaban J connectivity index is 0.877. The van der Waals surface area contributed by atoms with Crippen LogP contribution in [0.5, 0.6) is 11.5 Å². The van der Waals surface area contributed by atoms with Crippen LogP contribution in [0.4, 0.5) is 34.1 Å². The molecule has 0 radical (unpaired) electrons. The van der Waals surface area contributed by atoms with E-state index in [0.717, 1.165) is 27.8 Å². The highest BCUT2D eigenvalue weighted by molar-refractivity contribution is 7.86. The molecule has 10 rings (SSSR count). The van der Waals surface area contributed by atoms with Crippen molar-refractivity contribution in [2.24, 2.45) is 30.7 Å². The van der Waals surface area contributed by atoms with E-state index in [4.69, 9.17) is 0 Å². The SMILES string of the molecule is Cc1cc(N=Nc2ccc3cc(-n4nc5ccc6c(S(=O)(=O)O)cc(S(=O)(=O)O)cc6c5n4)ccc3c2O)ccc1N=Nc1ccc(N=Nc2ccc3cccc(O)c3c2)c2ccccc12. The molecule has 10 aromatic rings. The van der Waals surface area contributed by atoms with Gasteiger partial charge in [0.1, 0.15) is 27.4 Å². The van der Waals surface area contributed by atoms with Crippen molar-refractivity contribution in [2.45, 2.75) is 16.7 Å². The average molecular weight is 914 g/mol. The van der Waals surface area contributed by atoms with Crippen molar-refractivity contribution in [3.05, 3.63) is 151 Å². The minimum Gasteiger partial charge on any atom is -0.507 e. The number of benzene rings is 9. The third-order valence-corrected chi connectivity index (χ3v) is 12.6. The normalized spacial score (nSPS) is 12.7. The quantitative estimate of drug-likeness (QED) is 0.0786. The number of phenolic OH excluding ortho intramolecular Hbond substituents is 2. The van der Waals surface area contributed by atoms with Gasteiger partial charge in [0.05, 0.1) is 39.0 Å². The zero-order valence-electron chi connectivity index (χ0n) is 34.1. The number of phenols is 2. The predicted molar refractivity (Wildman–Crippen MR) is 248 cm³/mol. The molecule has 0 aliphatic heterocycles. The second-order valence-corrected chi connectivity index (χ2v) is 17.9. The van der Waals surface area contributed by atoms with Crippen LogP contribution in [0.15, 0.2) is 186 Å². The van der Waals surface area contributed by atoms with Crippen LogP contribution in [0.1, 0.15) is 5.56 Å². The van der Waals surface area contributed by atoms with E-state index in [0.29, 0.717) is 56.3 Å². The molecule has 0 aliphatic rings. The summed E-state index contributed by atoms with van der Waals surface area (Å²) in [5, 5.41) is 61.5. The van der Waals surface area contributed by atoms with E-state index in [2.05, 4.69) is 40.9 Å². The molecule has 1 aromatic heterocycles. The van der Waals surface area contributed by atoms with Gasteiger partial charge in [0.25, 0.3) is 20.2 Å². The summed E-state index contributed by atoms with van der Waals surface area (Å²) in [5.74, 6) is 0.0492. The van der Waals surface area contributed by atoms with E-state index < -0.39 is 30.0 Å². The maximum atomic E-state index is 12.2. The fourth-order valence-corrected chi connectivity index (χ4v) is 8.96. The van der Waals surface area contributed by atoms with E-state index in [1.807, 2.05) is 61.5 Å². The van der Waals surface area contributed by atoms with Crippen molar-refractivity contribution < 1.29 is 36.2 Å². The topological polar surface area (TPSA) is 254 Å². The van der Waals surface area contributed by atoms with Crippen molar-refractivity contribution in [3.8, 4) is 17.2 Å². The highest BCUT2D eigenvalue weighted by Gasteiger charge is 2.23. The van der Waals surface area contributed by atoms with Gasteiger partial charge in [-0.3, -0.25) is 9.11 Å². The number of nitrogens with zero attached hydrogens (tertiary/aromatic N) is 9. The zero-order chi connectivity index (χ0) is 45.9. The van der Waals surface area contributed by atoms with Gasteiger partial charge in [-0.25, -0.2) is 0 Å². The molecular weight excluding hydrogens is 883 g/mol. The lowest BCUT2D eigenvalue weighted by atomic mass is 10.1. The largest absolute Gasteiger partial charge is 0.507 e. The molecule has 0 spiro atoms. The number of aromatic nitrogens is 3. The van der Waals surface area contributed by atoms with Crippen molar-refractivity contribution >= 4 is 108 Å². The number of hydrogen-bond acceptors (Lipinski definition) is 14. The Morgan fingerprint density at radius 2 is 1.12 bits per heavy atom. The highest BCUT2D eigenvalue weighted by atomic mass is 32.2. The summed E-state index contributed by atoms with van der Waals surface area (Å²) < 4.78 is 67.8. The fourth-order valence-electron chi connectivity index (χ4n) is 7.62. The van der Waals surface area contributed by atoms with E-state index >= 15 is 0 Å². The van der Waals surface area contributed by atoms with Crippen molar-refractivity contribution in [1.29, 1.82) is 0 Å². The number of hydrogen-bond donors (Lipinski definition) is 4. The molecule has 0 saturated carbocycles. The summed E-state index contributed by atoms with van der Waals surface area (Å²) in [4.78, 5) is -0.214. The Morgan fingerprint density at radius 3 is 1.85 bits per heavy atom. The van der Waals surface area contributed by atoms with Crippen LogP contribution in [-0.4, -0.2) is 51.1 Å². The van der Waals surface area contributed by atoms with Crippen molar-refractivity contribution in [2.75, 3.05) is 0 Å². The van der Waals surface area contributed by atoms with E-state index in [1.165, 1.54) is 16.9 Å².